The number of primary amides is 1. The zero-order valence-electron chi connectivity index (χ0n) is 10.5. The molecular weight excluding hydrogens is 282 g/mol. The molecule has 2 amide bonds. The number of amides is 2. The van der Waals surface area contributed by atoms with Crippen molar-refractivity contribution < 1.29 is 19.5 Å². The van der Waals surface area contributed by atoms with Crippen LogP contribution in [-0.2, 0) is 16.1 Å². The molecule has 1 saturated heterocycles. The van der Waals surface area contributed by atoms with E-state index in [9.17, 15) is 19.5 Å². The van der Waals surface area contributed by atoms with Crippen LogP contribution in [0.2, 0.25) is 0 Å². The van der Waals surface area contributed by atoms with E-state index in [1.807, 2.05) is 0 Å². The molecule has 0 spiro atoms. The summed E-state index contributed by atoms with van der Waals surface area (Å²) in [5.74, 6) is -3.00. The monoisotopic (exact) mass is 295 g/mol. The topological polar surface area (TPSA) is 113 Å². The Morgan fingerprint density at radius 3 is 2.80 bits per heavy atom. The number of aromatic carboxylic acids is 1. The van der Waals surface area contributed by atoms with Gasteiger partial charge in [0.15, 0.2) is 0 Å². The predicted octanol–water partition coefficient (Wildman–Crippen LogP) is 0.173. The van der Waals surface area contributed by atoms with Gasteiger partial charge in [-0.05, 0) is 24.4 Å². The third-order valence-corrected chi connectivity index (χ3v) is 4.84. The lowest BCUT2D eigenvalue weighted by Crippen LogP contribution is -2.29. The van der Waals surface area contributed by atoms with Gasteiger partial charge in [-0.3, -0.25) is 14.5 Å². The molecule has 3 heterocycles. The zero-order valence-corrected chi connectivity index (χ0v) is 11.3. The first-order valence-electron chi connectivity index (χ1n) is 6.19. The van der Waals surface area contributed by atoms with Crippen LogP contribution in [0.1, 0.15) is 33.1 Å². The number of fused-ring (bicyclic) bond motifs is 4. The van der Waals surface area contributed by atoms with Crippen LogP contribution < -0.4 is 11.1 Å². The molecule has 1 aromatic heterocycles. The molecule has 7 nitrogen and oxygen atoms in total. The van der Waals surface area contributed by atoms with Gasteiger partial charge in [0.05, 0.1) is 5.56 Å². The van der Waals surface area contributed by atoms with Crippen LogP contribution in [0.5, 0.6) is 0 Å². The number of hydrogen-bond acceptors (Lipinski definition) is 5. The number of nitrogens with zero attached hydrogens (tertiary/aromatic N) is 1. The highest BCUT2D eigenvalue weighted by Crippen LogP contribution is 2.45. The number of carbonyl (C=O) groups excluding carboxylic acids is 2. The average Bonchev–Trinajstić information content (AvgIpc) is 2.92. The van der Waals surface area contributed by atoms with Gasteiger partial charge in [-0.15, -0.1) is 11.3 Å². The molecule has 2 bridgehead atoms. The molecule has 4 N–H and O–H groups in total. The Morgan fingerprint density at radius 2 is 2.15 bits per heavy atom. The highest BCUT2D eigenvalue weighted by Gasteiger charge is 2.38. The molecule has 1 aromatic rings. The quantitative estimate of drug-likeness (QED) is 0.673. The smallest absolute Gasteiger partial charge is 0.339 e. The predicted molar refractivity (Wildman–Crippen MR) is 71.7 cm³/mol. The lowest BCUT2D eigenvalue weighted by Gasteiger charge is -2.22. The lowest BCUT2D eigenvalue weighted by atomic mass is 9.93. The molecule has 0 aliphatic carbocycles. The van der Waals surface area contributed by atoms with Gasteiger partial charge in [0, 0.05) is 18.0 Å². The average molecular weight is 295 g/mol. The third kappa shape index (κ3) is 1.97. The zero-order chi connectivity index (χ0) is 14.4. The summed E-state index contributed by atoms with van der Waals surface area (Å²) in [5, 5.41) is 11.9. The number of anilines is 1. The van der Waals surface area contributed by atoms with Gasteiger partial charge in [0.1, 0.15) is 5.00 Å². The van der Waals surface area contributed by atoms with Crippen LogP contribution in [0.25, 0.3) is 0 Å². The molecule has 2 atom stereocenters. The number of nitrogens with two attached hydrogens (primary N) is 1. The second-order valence-corrected chi connectivity index (χ2v) is 6.09. The summed E-state index contributed by atoms with van der Waals surface area (Å²) < 4.78 is 0. The Balaban J connectivity index is 2.04. The van der Waals surface area contributed by atoms with Crippen molar-refractivity contribution in [1.29, 1.82) is 0 Å². The van der Waals surface area contributed by atoms with E-state index in [-0.39, 0.29) is 16.5 Å². The Kier molecular flexibility index (Phi) is 2.98. The Hall–Kier alpha value is -1.93. The van der Waals surface area contributed by atoms with Crippen molar-refractivity contribution in [2.45, 2.75) is 18.9 Å². The first kappa shape index (κ1) is 13.1. The first-order valence-corrected chi connectivity index (χ1v) is 7.01. The molecule has 2 unspecified atom stereocenters. The summed E-state index contributed by atoms with van der Waals surface area (Å²) in [7, 11) is 0. The van der Waals surface area contributed by atoms with Crippen molar-refractivity contribution in [3.8, 4) is 0 Å². The fraction of sp³-hybridized carbons (Fsp3) is 0.417. The van der Waals surface area contributed by atoms with E-state index < -0.39 is 17.8 Å². The van der Waals surface area contributed by atoms with Gasteiger partial charge in [0.2, 0.25) is 0 Å². The van der Waals surface area contributed by atoms with E-state index in [2.05, 4.69) is 10.2 Å². The van der Waals surface area contributed by atoms with Crippen molar-refractivity contribution >= 4 is 34.1 Å². The van der Waals surface area contributed by atoms with Crippen molar-refractivity contribution in [3.05, 3.63) is 16.0 Å². The van der Waals surface area contributed by atoms with Gasteiger partial charge >= 0.3 is 17.8 Å². The molecule has 106 valence electrons. The fourth-order valence-corrected chi connectivity index (χ4v) is 4.24. The van der Waals surface area contributed by atoms with Crippen LogP contribution in [0.4, 0.5) is 5.00 Å². The molecule has 2 aliphatic heterocycles. The van der Waals surface area contributed by atoms with Gasteiger partial charge < -0.3 is 16.2 Å². The molecule has 8 heteroatoms. The SMILES string of the molecule is NC(=O)C(=O)Nc1sc2c(c1C(=O)O)C1CCN(C2)C1. The van der Waals surface area contributed by atoms with Gasteiger partial charge in [-0.1, -0.05) is 0 Å². The maximum atomic E-state index is 11.5. The summed E-state index contributed by atoms with van der Waals surface area (Å²) in [6, 6.07) is 0. The van der Waals surface area contributed by atoms with E-state index >= 15 is 0 Å². The van der Waals surface area contributed by atoms with Crippen molar-refractivity contribution in [1.82, 2.24) is 4.90 Å². The van der Waals surface area contributed by atoms with Crippen LogP contribution in [-0.4, -0.2) is 40.9 Å². The summed E-state index contributed by atoms with van der Waals surface area (Å²) >= 11 is 1.22. The van der Waals surface area contributed by atoms with E-state index in [1.165, 1.54) is 11.3 Å². The van der Waals surface area contributed by atoms with E-state index in [4.69, 9.17) is 5.73 Å². The number of rotatable bonds is 2. The summed E-state index contributed by atoms with van der Waals surface area (Å²) in [6.45, 7) is 2.52. The van der Waals surface area contributed by atoms with Gasteiger partial charge in [-0.2, -0.15) is 0 Å². The third-order valence-electron chi connectivity index (χ3n) is 3.73. The Bertz CT molecular complexity index is 624. The highest BCUT2D eigenvalue weighted by atomic mass is 32.1. The molecule has 3 rings (SSSR count). The minimum atomic E-state index is -1.13. The van der Waals surface area contributed by atoms with Crippen molar-refractivity contribution in [3.63, 3.8) is 0 Å². The fourth-order valence-electron chi connectivity index (χ4n) is 2.92. The number of thiophene rings is 1. The number of hydrogen-bond donors (Lipinski definition) is 3. The largest absolute Gasteiger partial charge is 0.478 e. The molecule has 2 aliphatic rings. The Labute approximate surface area is 118 Å². The number of carboxylic acids is 1. The van der Waals surface area contributed by atoms with Crippen LogP contribution in [0, 0.1) is 0 Å². The Morgan fingerprint density at radius 1 is 1.40 bits per heavy atom. The summed E-state index contributed by atoms with van der Waals surface area (Å²) in [6.07, 6.45) is 0.924. The maximum absolute atomic E-state index is 11.5. The number of nitrogens with one attached hydrogen (secondary N) is 1. The molecule has 1 fully saturated rings. The maximum Gasteiger partial charge on any atom is 0.339 e. The molecule has 20 heavy (non-hydrogen) atoms. The second-order valence-electron chi connectivity index (χ2n) is 4.99. The normalized spacial score (nSPS) is 23.2. The highest BCUT2D eigenvalue weighted by molar-refractivity contribution is 7.17. The van der Waals surface area contributed by atoms with Crippen LogP contribution in [0.3, 0.4) is 0 Å². The van der Waals surface area contributed by atoms with Crippen LogP contribution >= 0.6 is 11.3 Å². The molecule has 0 saturated carbocycles. The molecular formula is C12H13N3O4S. The molecule has 0 aromatic carbocycles. The van der Waals surface area contributed by atoms with Crippen molar-refractivity contribution in [2.24, 2.45) is 5.73 Å². The standard InChI is InChI=1S/C12H13N3O4S/c13-9(16)10(17)14-11-8(12(18)19)7-5-1-2-15(3-5)4-6(7)20-11/h5H,1-4H2,(H2,13,16)(H,14,17)(H,18,19). The van der Waals surface area contributed by atoms with Crippen LogP contribution in [0.15, 0.2) is 0 Å². The summed E-state index contributed by atoms with van der Waals surface area (Å²) in [4.78, 5) is 36.9. The minimum Gasteiger partial charge on any atom is -0.478 e. The van der Waals surface area contributed by atoms with Gasteiger partial charge in [-0.25, -0.2) is 4.79 Å². The minimum absolute atomic E-state index is 0.117. The van der Waals surface area contributed by atoms with E-state index in [0.717, 1.165) is 30.0 Å². The second kappa shape index (κ2) is 4.57. The molecule has 0 radical (unpaired) electrons. The van der Waals surface area contributed by atoms with Gasteiger partial charge in [0.25, 0.3) is 0 Å². The van der Waals surface area contributed by atoms with E-state index in [1.54, 1.807) is 0 Å². The van der Waals surface area contributed by atoms with Crippen molar-refractivity contribution in [2.75, 3.05) is 18.4 Å². The van der Waals surface area contributed by atoms with E-state index in [0.29, 0.717) is 6.54 Å². The number of carbonyl (C=O) groups is 3. The number of carboxylic acid groups (broad SMARTS) is 1. The summed E-state index contributed by atoms with van der Waals surface area (Å²) in [5.41, 5.74) is 5.82. The first-order chi connectivity index (χ1) is 9.47. The lowest BCUT2D eigenvalue weighted by molar-refractivity contribution is -0.134.